The van der Waals surface area contributed by atoms with Gasteiger partial charge in [0.15, 0.2) is 6.23 Å². The Hall–Kier alpha value is -1.42. The number of benzene rings is 1. The standard InChI is InChI=1S/C13H19N2O6/c1-6-5-8(15(19)20)3-4-9(6)14-13-12(18)11(17)10(16)7(2)21-13/h3-5,7,10-14,16-19H,1-2H3/q-1/t7-,10-,11+,12+,13+/m0/s1. The molecule has 5 atom stereocenters. The summed E-state index contributed by atoms with van der Waals surface area (Å²) < 4.78 is 5.43. The van der Waals surface area contributed by atoms with E-state index in [9.17, 15) is 20.5 Å². The average Bonchev–Trinajstić information content (AvgIpc) is 2.44. The number of aliphatic hydroxyl groups excluding tert-OH is 3. The van der Waals surface area contributed by atoms with Crippen LogP contribution in [0.1, 0.15) is 12.5 Å². The van der Waals surface area contributed by atoms with Gasteiger partial charge in [0.1, 0.15) is 18.3 Å². The molecule has 118 valence electrons. The highest BCUT2D eigenvalue weighted by molar-refractivity contribution is 5.59. The monoisotopic (exact) mass is 299 g/mol. The third kappa shape index (κ3) is 3.26. The number of aryl methyl sites for hydroxylation is 1. The van der Waals surface area contributed by atoms with E-state index >= 15 is 0 Å². The minimum atomic E-state index is -1.32. The number of nitrogens with zero attached hydrogens (tertiary/aromatic N) is 1. The molecular weight excluding hydrogens is 280 g/mol. The zero-order chi connectivity index (χ0) is 15.7. The first kappa shape index (κ1) is 16.0. The van der Waals surface area contributed by atoms with Crippen LogP contribution in [0, 0.1) is 12.1 Å². The molecule has 0 aliphatic carbocycles. The number of ether oxygens (including phenoxy) is 1. The fraction of sp³-hybridized carbons (Fsp3) is 0.538. The largest absolute Gasteiger partial charge is 0.733 e. The Bertz CT molecular complexity index is 498. The normalized spacial score (nSPS) is 32.8. The van der Waals surface area contributed by atoms with Gasteiger partial charge < -0.3 is 35.8 Å². The fourth-order valence-electron chi connectivity index (χ4n) is 2.25. The summed E-state index contributed by atoms with van der Waals surface area (Å²) in [5.74, 6) is 0. The highest BCUT2D eigenvalue weighted by Gasteiger charge is 2.41. The topological polar surface area (TPSA) is 128 Å². The molecular formula is C13H19N2O6-. The zero-order valence-corrected chi connectivity index (χ0v) is 11.7. The second kappa shape index (κ2) is 6.14. The molecule has 0 spiro atoms. The van der Waals surface area contributed by atoms with Gasteiger partial charge in [-0.3, -0.25) is 5.21 Å². The Morgan fingerprint density at radius 3 is 2.43 bits per heavy atom. The molecule has 8 heteroatoms. The number of rotatable bonds is 3. The van der Waals surface area contributed by atoms with Gasteiger partial charge in [-0.15, -0.1) is 0 Å². The van der Waals surface area contributed by atoms with Crippen molar-refractivity contribution in [3.05, 3.63) is 29.0 Å². The van der Waals surface area contributed by atoms with Crippen molar-refractivity contribution in [2.45, 2.75) is 44.5 Å². The van der Waals surface area contributed by atoms with Gasteiger partial charge in [0.25, 0.3) is 0 Å². The van der Waals surface area contributed by atoms with Crippen molar-refractivity contribution in [3.63, 3.8) is 0 Å². The van der Waals surface area contributed by atoms with Crippen molar-refractivity contribution in [2.75, 3.05) is 10.5 Å². The SMILES string of the molecule is Cc1cc(N([O-])O)ccc1N[C@@H]1O[C@@H](C)[C@H](O)[C@@H](O)[C@H]1O. The van der Waals surface area contributed by atoms with E-state index in [-0.39, 0.29) is 10.9 Å². The maximum atomic E-state index is 10.8. The van der Waals surface area contributed by atoms with Crippen molar-refractivity contribution in [3.8, 4) is 0 Å². The molecule has 0 radical (unpaired) electrons. The summed E-state index contributed by atoms with van der Waals surface area (Å²) in [6.07, 6.45) is -5.33. The lowest BCUT2D eigenvalue weighted by Gasteiger charge is -2.40. The summed E-state index contributed by atoms with van der Waals surface area (Å²) in [6.45, 7) is 3.30. The molecule has 1 heterocycles. The van der Waals surface area contributed by atoms with E-state index in [1.54, 1.807) is 19.9 Å². The van der Waals surface area contributed by atoms with Crippen LogP contribution >= 0.6 is 0 Å². The lowest BCUT2D eigenvalue weighted by Crippen LogP contribution is -2.58. The van der Waals surface area contributed by atoms with Gasteiger partial charge in [0, 0.05) is 5.69 Å². The molecule has 1 aromatic carbocycles. The van der Waals surface area contributed by atoms with E-state index < -0.39 is 30.6 Å². The van der Waals surface area contributed by atoms with Gasteiger partial charge in [-0.2, -0.15) is 0 Å². The maximum absolute atomic E-state index is 10.8. The molecule has 0 unspecified atom stereocenters. The summed E-state index contributed by atoms with van der Waals surface area (Å²) in [4.78, 5) is 0. The number of nitrogens with one attached hydrogen (secondary N) is 1. The van der Waals surface area contributed by atoms with E-state index in [2.05, 4.69) is 5.32 Å². The summed E-state index contributed by atoms with van der Waals surface area (Å²) >= 11 is 0. The zero-order valence-electron chi connectivity index (χ0n) is 11.7. The Kier molecular flexibility index (Phi) is 4.67. The fourth-order valence-corrected chi connectivity index (χ4v) is 2.25. The second-order valence-corrected chi connectivity index (χ2v) is 5.15. The molecule has 1 fully saturated rings. The Morgan fingerprint density at radius 2 is 1.86 bits per heavy atom. The first-order valence-corrected chi connectivity index (χ1v) is 6.54. The van der Waals surface area contributed by atoms with Crippen LogP contribution in [-0.2, 0) is 4.74 Å². The minimum Gasteiger partial charge on any atom is -0.733 e. The van der Waals surface area contributed by atoms with Crippen molar-refractivity contribution >= 4 is 11.4 Å². The quantitative estimate of drug-likeness (QED) is 0.491. The van der Waals surface area contributed by atoms with Crippen molar-refractivity contribution in [1.82, 2.24) is 0 Å². The van der Waals surface area contributed by atoms with E-state index in [4.69, 9.17) is 9.94 Å². The molecule has 1 saturated heterocycles. The number of anilines is 2. The molecule has 0 aromatic heterocycles. The summed E-state index contributed by atoms with van der Waals surface area (Å²) in [5.41, 5.74) is 1.29. The van der Waals surface area contributed by atoms with Gasteiger partial charge in [0.2, 0.25) is 0 Å². The lowest BCUT2D eigenvalue weighted by molar-refractivity contribution is -0.209. The van der Waals surface area contributed by atoms with Gasteiger partial charge in [-0.05, 0) is 37.6 Å². The Labute approximate surface area is 121 Å². The van der Waals surface area contributed by atoms with Crippen LogP contribution in [0.4, 0.5) is 11.4 Å². The molecule has 5 N–H and O–H groups in total. The van der Waals surface area contributed by atoms with E-state index in [1.807, 2.05) is 0 Å². The molecule has 1 aromatic rings. The molecule has 0 bridgehead atoms. The van der Waals surface area contributed by atoms with E-state index in [1.165, 1.54) is 12.1 Å². The van der Waals surface area contributed by atoms with Crippen LogP contribution < -0.4 is 10.5 Å². The molecule has 0 amide bonds. The van der Waals surface area contributed by atoms with Crippen LogP contribution in [0.25, 0.3) is 0 Å². The van der Waals surface area contributed by atoms with Gasteiger partial charge >= 0.3 is 0 Å². The number of hydrogen-bond acceptors (Lipinski definition) is 8. The Balaban J connectivity index is 2.14. The van der Waals surface area contributed by atoms with Crippen LogP contribution in [0.3, 0.4) is 0 Å². The lowest BCUT2D eigenvalue weighted by atomic mass is 9.99. The summed E-state index contributed by atoms with van der Waals surface area (Å²) in [5, 5.41) is 51.6. The highest BCUT2D eigenvalue weighted by atomic mass is 16.8. The van der Waals surface area contributed by atoms with Crippen molar-refractivity contribution in [1.29, 1.82) is 0 Å². The first-order valence-electron chi connectivity index (χ1n) is 6.54. The molecule has 1 aliphatic rings. The predicted octanol–water partition coefficient (Wildman–Crippen LogP) is -0.0722. The molecule has 2 rings (SSSR count). The Morgan fingerprint density at radius 1 is 1.19 bits per heavy atom. The summed E-state index contributed by atoms with van der Waals surface area (Å²) in [6, 6.07) is 4.40. The third-order valence-electron chi connectivity index (χ3n) is 3.58. The van der Waals surface area contributed by atoms with Gasteiger partial charge in [0.05, 0.1) is 11.8 Å². The molecule has 0 saturated carbocycles. The smallest absolute Gasteiger partial charge is 0.157 e. The van der Waals surface area contributed by atoms with Gasteiger partial charge in [-0.25, -0.2) is 0 Å². The van der Waals surface area contributed by atoms with Crippen LogP contribution in [0.5, 0.6) is 0 Å². The number of aliphatic hydroxyl groups is 3. The highest BCUT2D eigenvalue weighted by Crippen LogP contribution is 2.26. The van der Waals surface area contributed by atoms with Crippen LogP contribution in [-0.4, -0.2) is 51.2 Å². The summed E-state index contributed by atoms with van der Waals surface area (Å²) in [7, 11) is 0. The predicted molar refractivity (Wildman–Crippen MR) is 74.8 cm³/mol. The van der Waals surface area contributed by atoms with Crippen molar-refractivity contribution in [2.24, 2.45) is 0 Å². The minimum absolute atomic E-state index is 0.0759. The second-order valence-electron chi connectivity index (χ2n) is 5.15. The van der Waals surface area contributed by atoms with Gasteiger partial charge in [-0.1, -0.05) is 0 Å². The van der Waals surface area contributed by atoms with Crippen molar-refractivity contribution < 1.29 is 25.3 Å². The average molecular weight is 299 g/mol. The van der Waals surface area contributed by atoms with Crippen LogP contribution in [0.2, 0.25) is 0 Å². The number of hydrogen-bond donors (Lipinski definition) is 5. The molecule has 8 nitrogen and oxygen atoms in total. The van der Waals surface area contributed by atoms with E-state index in [0.29, 0.717) is 11.3 Å². The van der Waals surface area contributed by atoms with Crippen LogP contribution in [0.15, 0.2) is 18.2 Å². The maximum Gasteiger partial charge on any atom is 0.157 e. The molecule has 1 aliphatic heterocycles. The van der Waals surface area contributed by atoms with E-state index in [0.717, 1.165) is 0 Å². The third-order valence-corrected chi connectivity index (χ3v) is 3.58. The molecule has 21 heavy (non-hydrogen) atoms. The first-order chi connectivity index (χ1) is 9.81.